The topological polar surface area (TPSA) is 58.4 Å². The summed E-state index contributed by atoms with van der Waals surface area (Å²) in [5, 5.41) is 2.84. The Morgan fingerprint density at radius 2 is 1.87 bits per heavy atom. The predicted molar refractivity (Wildman–Crippen MR) is 114 cm³/mol. The smallest absolute Gasteiger partial charge is 0.273 e. The molecule has 5 nitrogen and oxygen atoms in total. The minimum absolute atomic E-state index is 0.0413. The van der Waals surface area contributed by atoms with E-state index in [1.165, 1.54) is 18.4 Å². The summed E-state index contributed by atoms with van der Waals surface area (Å²) >= 11 is 0. The van der Waals surface area contributed by atoms with E-state index in [0.29, 0.717) is 31.4 Å². The Kier molecular flexibility index (Phi) is 7.36. The van der Waals surface area contributed by atoms with Crippen molar-refractivity contribution in [1.82, 2.24) is 15.2 Å². The van der Waals surface area contributed by atoms with Crippen molar-refractivity contribution in [2.24, 2.45) is 5.92 Å². The van der Waals surface area contributed by atoms with Crippen LogP contribution in [0.1, 0.15) is 54.3 Å². The van der Waals surface area contributed by atoms with Crippen LogP contribution in [-0.4, -0.2) is 22.3 Å². The minimum atomic E-state index is -0.264. The van der Waals surface area contributed by atoms with Crippen molar-refractivity contribution < 1.29 is 13.6 Å². The van der Waals surface area contributed by atoms with Gasteiger partial charge in [0.2, 0.25) is 5.89 Å². The molecule has 1 heterocycles. The third-order valence-electron chi connectivity index (χ3n) is 4.90. The van der Waals surface area contributed by atoms with Gasteiger partial charge in [0.1, 0.15) is 12.1 Å². The van der Waals surface area contributed by atoms with E-state index in [-0.39, 0.29) is 23.5 Å². The maximum absolute atomic E-state index is 13.7. The number of hydrogen-bond acceptors (Lipinski definition) is 4. The second kappa shape index (κ2) is 10.2. The number of halogens is 1. The van der Waals surface area contributed by atoms with E-state index in [2.05, 4.69) is 34.3 Å². The molecule has 0 aliphatic carbocycles. The number of nitrogens with zero attached hydrogens (tertiary/aromatic N) is 2. The molecule has 1 aromatic heterocycles. The third kappa shape index (κ3) is 6.00. The van der Waals surface area contributed by atoms with Gasteiger partial charge in [0.15, 0.2) is 5.69 Å². The lowest BCUT2D eigenvalue weighted by Gasteiger charge is -2.28. The molecule has 30 heavy (non-hydrogen) atoms. The van der Waals surface area contributed by atoms with Gasteiger partial charge in [-0.1, -0.05) is 56.3 Å². The predicted octanol–water partition coefficient (Wildman–Crippen LogP) is 4.96. The first-order chi connectivity index (χ1) is 14.4. The summed E-state index contributed by atoms with van der Waals surface area (Å²) in [7, 11) is 0. The summed E-state index contributed by atoms with van der Waals surface area (Å²) in [5.74, 6) is 0.296. The first-order valence-electron chi connectivity index (χ1n) is 10.2. The molecule has 0 unspecified atom stereocenters. The molecule has 0 aliphatic rings. The van der Waals surface area contributed by atoms with E-state index in [9.17, 15) is 9.18 Å². The van der Waals surface area contributed by atoms with Crippen LogP contribution in [0.25, 0.3) is 0 Å². The van der Waals surface area contributed by atoms with Crippen LogP contribution in [-0.2, 0) is 13.1 Å². The maximum Gasteiger partial charge on any atom is 0.273 e. The monoisotopic (exact) mass is 409 g/mol. The van der Waals surface area contributed by atoms with Crippen molar-refractivity contribution in [2.75, 3.05) is 6.54 Å². The van der Waals surface area contributed by atoms with E-state index in [1.54, 1.807) is 6.07 Å². The van der Waals surface area contributed by atoms with Crippen molar-refractivity contribution in [3.8, 4) is 0 Å². The van der Waals surface area contributed by atoms with Crippen LogP contribution in [0.3, 0.4) is 0 Å². The molecule has 0 saturated heterocycles. The van der Waals surface area contributed by atoms with Crippen molar-refractivity contribution in [3.63, 3.8) is 0 Å². The van der Waals surface area contributed by atoms with Gasteiger partial charge in [-0.25, -0.2) is 9.37 Å². The number of amides is 1. The molecule has 1 atom stereocenters. The molecule has 1 amide bonds. The Bertz CT molecular complexity index is 956. The second-order valence-corrected chi connectivity index (χ2v) is 7.85. The van der Waals surface area contributed by atoms with Crippen molar-refractivity contribution in [3.05, 3.63) is 89.4 Å². The van der Waals surface area contributed by atoms with Gasteiger partial charge in [-0.3, -0.25) is 9.69 Å². The second-order valence-electron chi connectivity index (χ2n) is 7.85. The number of nitrogens with one attached hydrogen (secondary N) is 1. The molecule has 1 N–H and O–H groups in total. The van der Waals surface area contributed by atoms with Crippen LogP contribution in [0.5, 0.6) is 0 Å². The Labute approximate surface area is 176 Å². The Morgan fingerprint density at radius 1 is 1.10 bits per heavy atom. The highest BCUT2D eigenvalue weighted by Gasteiger charge is 2.20. The highest BCUT2D eigenvalue weighted by atomic mass is 19.1. The molecular weight excluding hydrogens is 381 g/mol. The quantitative estimate of drug-likeness (QED) is 0.542. The Hall–Kier alpha value is -2.99. The zero-order valence-corrected chi connectivity index (χ0v) is 17.6. The van der Waals surface area contributed by atoms with Crippen LogP contribution in [0.4, 0.5) is 4.39 Å². The molecule has 0 aliphatic heterocycles. The van der Waals surface area contributed by atoms with Gasteiger partial charge in [0.25, 0.3) is 5.91 Å². The summed E-state index contributed by atoms with van der Waals surface area (Å²) in [4.78, 5) is 18.8. The number of oxazole rings is 1. The van der Waals surface area contributed by atoms with Crippen molar-refractivity contribution >= 4 is 5.91 Å². The molecular formula is C24H28FN3O2. The minimum Gasteiger partial charge on any atom is -0.447 e. The average molecular weight is 410 g/mol. The van der Waals surface area contributed by atoms with Gasteiger partial charge in [-0.05, 0) is 36.1 Å². The molecule has 0 spiro atoms. The maximum atomic E-state index is 13.7. The fourth-order valence-corrected chi connectivity index (χ4v) is 3.19. The highest BCUT2D eigenvalue weighted by Crippen LogP contribution is 2.24. The molecule has 0 bridgehead atoms. The number of benzene rings is 2. The summed E-state index contributed by atoms with van der Waals surface area (Å²) < 4.78 is 19.3. The van der Waals surface area contributed by atoms with E-state index in [4.69, 9.17) is 4.42 Å². The van der Waals surface area contributed by atoms with E-state index in [0.717, 1.165) is 11.1 Å². The number of hydrogen-bond donors (Lipinski definition) is 1. The molecule has 3 aromatic rings. The van der Waals surface area contributed by atoms with E-state index >= 15 is 0 Å². The number of rotatable bonds is 9. The van der Waals surface area contributed by atoms with Crippen molar-refractivity contribution in [1.29, 1.82) is 0 Å². The lowest BCUT2D eigenvalue weighted by molar-refractivity contribution is 0.0944. The Balaban J connectivity index is 1.78. The van der Waals surface area contributed by atoms with Crippen LogP contribution in [0, 0.1) is 11.7 Å². The normalized spacial score (nSPS) is 12.3. The lowest BCUT2D eigenvalue weighted by Crippen LogP contribution is -2.28. The molecule has 6 heteroatoms. The molecule has 158 valence electrons. The van der Waals surface area contributed by atoms with Gasteiger partial charge in [0, 0.05) is 19.1 Å². The summed E-state index contributed by atoms with van der Waals surface area (Å²) in [5.41, 5.74) is 2.26. The van der Waals surface area contributed by atoms with Gasteiger partial charge < -0.3 is 9.73 Å². The zero-order valence-electron chi connectivity index (χ0n) is 17.6. The SMILES string of the molecule is CC(C)CNC(=O)c1coc(CN(Cc2cccc(F)c2)[C@H](C)c2ccccc2)n1. The fourth-order valence-electron chi connectivity index (χ4n) is 3.19. The van der Waals surface area contributed by atoms with E-state index in [1.807, 2.05) is 38.1 Å². The highest BCUT2D eigenvalue weighted by molar-refractivity contribution is 5.91. The first-order valence-corrected chi connectivity index (χ1v) is 10.2. The number of carbonyl (C=O) groups is 1. The summed E-state index contributed by atoms with van der Waals surface area (Å²) in [6.45, 7) is 7.65. The molecule has 0 fully saturated rings. The molecule has 0 radical (unpaired) electrons. The molecule has 0 saturated carbocycles. The van der Waals surface area contributed by atoms with Crippen LogP contribution >= 0.6 is 0 Å². The summed E-state index contributed by atoms with van der Waals surface area (Å²) in [6, 6.07) is 16.7. The van der Waals surface area contributed by atoms with E-state index < -0.39 is 0 Å². The zero-order chi connectivity index (χ0) is 21.5. The largest absolute Gasteiger partial charge is 0.447 e. The summed E-state index contributed by atoms with van der Waals surface area (Å²) in [6.07, 6.45) is 1.39. The number of aromatic nitrogens is 1. The first kappa shape index (κ1) is 21.7. The van der Waals surface area contributed by atoms with Gasteiger partial charge >= 0.3 is 0 Å². The number of carbonyl (C=O) groups excluding carboxylic acids is 1. The van der Waals surface area contributed by atoms with Gasteiger partial charge in [0.05, 0.1) is 6.54 Å². The van der Waals surface area contributed by atoms with Crippen molar-refractivity contribution in [2.45, 2.75) is 39.9 Å². The van der Waals surface area contributed by atoms with Crippen LogP contribution in [0.15, 0.2) is 65.3 Å². The fraction of sp³-hybridized carbons (Fsp3) is 0.333. The van der Waals surface area contributed by atoms with Gasteiger partial charge in [-0.15, -0.1) is 0 Å². The molecule has 2 aromatic carbocycles. The standard InChI is InChI=1S/C24H28FN3O2/c1-17(2)13-26-24(29)22-16-30-23(27-22)15-28(14-19-8-7-11-21(25)12-19)18(3)20-9-5-4-6-10-20/h4-12,16-18H,13-15H2,1-3H3,(H,26,29)/t18-/m1/s1. The molecule has 3 rings (SSSR count). The third-order valence-corrected chi connectivity index (χ3v) is 4.90. The van der Waals surface area contributed by atoms with Gasteiger partial charge in [-0.2, -0.15) is 0 Å². The Morgan fingerprint density at radius 3 is 2.57 bits per heavy atom. The average Bonchev–Trinajstić information content (AvgIpc) is 3.20. The van der Waals surface area contributed by atoms with Crippen LogP contribution in [0.2, 0.25) is 0 Å². The lowest BCUT2D eigenvalue weighted by atomic mass is 10.1. The van der Waals surface area contributed by atoms with Crippen LogP contribution < -0.4 is 5.32 Å².